The van der Waals surface area contributed by atoms with E-state index >= 15 is 0 Å². The van der Waals surface area contributed by atoms with Crippen molar-refractivity contribution in [3.63, 3.8) is 0 Å². The van der Waals surface area contributed by atoms with Gasteiger partial charge in [0.2, 0.25) is 0 Å². The first-order valence-corrected chi connectivity index (χ1v) is 7.71. The van der Waals surface area contributed by atoms with Gasteiger partial charge in [-0.1, -0.05) is 29.8 Å². The third kappa shape index (κ3) is 3.00. The molecule has 0 radical (unpaired) electrons. The van der Waals surface area contributed by atoms with E-state index < -0.39 is 10.0 Å². The van der Waals surface area contributed by atoms with Crippen LogP contribution in [0.4, 0.5) is 5.69 Å². The molecule has 0 fully saturated rings. The Bertz CT molecular complexity index is 706. The highest BCUT2D eigenvalue weighted by Crippen LogP contribution is 2.22. The molecule has 106 valence electrons. The van der Waals surface area contributed by atoms with Crippen LogP contribution in [0.5, 0.6) is 0 Å². The Balaban J connectivity index is 2.36. The molecule has 5 heteroatoms. The monoisotopic (exact) mass is 291 g/mol. The van der Waals surface area contributed by atoms with Crippen LogP contribution in [0.25, 0.3) is 0 Å². The summed E-state index contributed by atoms with van der Waals surface area (Å²) >= 11 is 0. The summed E-state index contributed by atoms with van der Waals surface area (Å²) in [5.41, 5.74) is 2.92. The Hall–Kier alpha value is -1.85. The van der Waals surface area contributed by atoms with Crippen LogP contribution in [0.2, 0.25) is 0 Å². The molecule has 0 saturated carbocycles. The van der Waals surface area contributed by atoms with Gasteiger partial charge in [-0.3, -0.25) is 4.72 Å². The molecule has 0 aliphatic heterocycles. The number of hydrogen-bond acceptors (Lipinski definition) is 3. The highest BCUT2D eigenvalue weighted by molar-refractivity contribution is 7.92. The summed E-state index contributed by atoms with van der Waals surface area (Å²) in [6.45, 7) is 3.56. The second kappa shape index (κ2) is 5.64. The minimum atomic E-state index is -3.61. The zero-order valence-corrected chi connectivity index (χ0v) is 12.2. The van der Waals surface area contributed by atoms with Crippen LogP contribution in [-0.2, 0) is 16.6 Å². The highest BCUT2D eigenvalue weighted by atomic mass is 32.2. The Morgan fingerprint density at radius 2 is 1.70 bits per heavy atom. The first kappa shape index (κ1) is 14.6. The molecule has 0 aliphatic rings. The quantitative estimate of drug-likeness (QED) is 0.910. The molecule has 4 nitrogen and oxygen atoms in total. The number of benzene rings is 2. The molecule has 0 heterocycles. The molecule has 0 bridgehead atoms. The maximum absolute atomic E-state index is 12.3. The summed E-state index contributed by atoms with van der Waals surface area (Å²) < 4.78 is 27.1. The number of sulfonamides is 1. The maximum atomic E-state index is 12.3. The minimum absolute atomic E-state index is 0.119. The highest BCUT2D eigenvalue weighted by Gasteiger charge is 2.15. The van der Waals surface area contributed by atoms with Gasteiger partial charge in [-0.05, 0) is 43.2 Å². The van der Waals surface area contributed by atoms with E-state index in [0.717, 1.165) is 11.1 Å². The van der Waals surface area contributed by atoms with E-state index in [2.05, 4.69) is 4.72 Å². The minimum Gasteiger partial charge on any atom is -0.392 e. The summed E-state index contributed by atoms with van der Waals surface area (Å²) in [4.78, 5) is 0.219. The molecule has 0 aliphatic carbocycles. The van der Waals surface area contributed by atoms with Crippen LogP contribution in [0.1, 0.15) is 16.7 Å². The van der Waals surface area contributed by atoms with Crippen molar-refractivity contribution in [2.24, 2.45) is 0 Å². The van der Waals surface area contributed by atoms with E-state index in [1.165, 1.54) is 0 Å². The van der Waals surface area contributed by atoms with Crippen molar-refractivity contribution in [3.8, 4) is 0 Å². The van der Waals surface area contributed by atoms with Crippen molar-refractivity contribution in [3.05, 3.63) is 59.2 Å². The van der Waals surface area contributed by atoms with Crippen LogP contribution in [0, 0.1) is 13.8 Å². The van der Waals surface area contributed by atoms with Crippen molar-refractivity contribution in [2.75, 3.05) is 4.72 Å². The van der Waals surface area contributed by atoms with Gasteiger partial charge in [0.15, 0.2) is 0 Å². The van der Waals surface area contributed by atoms with Gasteiger partial charge in [0.25, 0.3) is 10.0 Å². The Morgan fingerprint density at radius 3 is 2.30 bits per heavy atom. The third-order valence-electron chi connectivity index (χ3n) is 3.19. The predicted octanol–water partition coefficient (Wildman–Crippen LogP) is 2.60. The average molecular weight is 291 g/mol. The van der Waals surface area contributed by atoms with Gasteiger partial charge in [-0.25, -0.2) is 8.42 Å². The van der Waals surface area contributed by atoms with Crippen molar-refractivity contribution in [2.45, 2.75) is 25.3 Å². The topological polar surface area (TPSA) is 66.4 Å². The molecule has 2 N–H and O–H groups in total. The fraction of sp³-hybridized carbons (Fsp3) is 0.200. The van der Waals surface area contributed by atoms with Gasteiger partial charge in [-0.2, -0.15) is 0 Å². The van der Waals surface area contributed by atoms with E-state index in [-0.39, 0.29) is 11.5 Å². The third-order valence-corrected chi connectivity index (χ3v) is 4.57. The smallest absolute Gasteiger partial charge is 0.261 e. The first-order chi connectivity index (χ1) is 9.44. The van der Waals surface area contributed by atoms with Crippen molar-refractivity contribution in [1.82, 2.24) is 0 Å². The standard InChI is InChI=1S/C15H17NO3S/c1-11-6-8-14(9-7-11)20(18,19)16-15-5-3-4-13(10-17)12(15)2/h3-9,16-17H,10H2,1-2H3. The van der Waals surface area contributed by atoms with E-state index in [9.17, 15) is 13.5 Å². The number of aliphatic hydroxyl groups is 1. The molecule has 2 aromatic carbocycles. The zero-order valence-electron chi connectivity index (χ0n) is 11.4. The SMILES string of the molecule is Cc1ccc(S(=O)(=O)Nc2cccc(CO)c2C)cc1. The molecule has 0 atom stereocenters. The number of nitrogens with one attached hydrogen (secondary N) is 1. The Labute approximate surface area is 119 Å². The van der Waals surface area contributed by atoms with Gasteiger partial charge in [0, 0.05) is 0 Å². The van der Waals surface area contributed by atoms with Gasteiger partial charge < -0.3 is 5.11 Å². The number of aliphatic hydroxyl groups excluding tert-OH is 1. The summed E-state index contributed by atoms with van der Waals surface area (Å²) in [7, 11) is -3.61. The lowest BCUT2D eigenvalue weighted by molar-refractivity contribution is 0.281. The average Bonchev–Trinajstić information content (AvgIpc) is 2.41. The molecule has 20 heavy (non-hydrogen) atoms. The van der Waals surface area contributed by atoms with E-state index in [0.29, 0.717) is 11.3 Å². The van der Waals surface area contributed by atoms with E-state index in [1.54, 1.807) is 49.4 Å². The fourth-order valence-electron chi connectivity index (χ4n) is 1.89. The molecule has 0 saturated heterocycles. The summed E-state index contributed by atoms with van der Waals surface area (Å²) in [6.07, 6.45) is 0. The largest absolute Gasteiger partial charge is 0.392 e. The number of hydrogen-bond donors (Lipinski definition) is 2. The van der Waals surface area contributed by atoms with Crippen molar-refractivity contribution in [1.29, 1.82) is 0 Å². The lowest BCUT2D eigenvalue weighted by Crippen LogP contribution is -2.14. The predicted molar refractivity (Wildman–Crippen MR) is 79.1 cm³/mol. The number of aryl methyl sites for hydroxylation is 1. The van der Waals surface area contributed by atoms with E-state index in [4.69, 9.17) is 0 Å². The van der Waals surface area contributed by atoms with Crippen LogP contribution >= 0.6 is 0 Å². The Kier molecular flexibility index (Phi) is 4.11. The molecule has 0 aromatic heterocycles. The lowest BCUT2D eigenvalue weighted by atomic mass is 10.1. The van der Waals surface area contributed by atoms with Crippen molar-refractivity contribution >= 4 is 15.7 Å². The van der Waals surface area contributed by atoms with Crippen LogP contribution < -0.4 is 4.72 Å². The van der Waals surface area contributed by atoms with E-state index in [1.807, 2.05) is 6.92 Å². The summed E-state index contributed by atoms with van der Waals surface area (Å²) in [5, 5.41) is 9.21. The maximum Gasteiger partial charge on any atom is 0.261 e. The van der Waals surface area contributed by atoms with Crippen LogP contribution in [0.3, 0.4) is 0 Å². The molecule has 0 amide bonds. The number of rotatable bonds is 4. The van der Waals surface area contributed by atoms with Gasteiger partial charge in [0.05, 0.1) is 17.2 Å². The fourth-order valence-corrected chi connectivity index (χ4v) is 3.01. The van der Waals surface area contributed by atoms with Crippen LogP contribution in [-0.4, -0.2) is 13.5 Å². The first-order valence-electron chi connectivity index (χ1n) is 6.23. The van der Waals surface area contributed by atoms with Gasteiger partial charge >= 0.3 is 0 Å². The summed E-state index contributed by atoms with van der Waals surface area (Å²) in [5.74, 6) is 0. The van der Waals surface area contributed by atoms with Gasteiger partial charge in [-0.15, -0.1) is 0 Å². The number of anilines is 1. The van der Waals surface area contributed by atoms with Crippen molar-refractivity contribution < 1.29 is 13.5 Å². The molecular weight excluding hydrogens is 274 g/mol. The molecule has 2 aromatic rings. The molecule has 0 unspecified atom stereocenters. The molecule has 0 spiro atoms. The lowest BCUT2D eigenvalue weighted by Gasteiger charge is -2.13. The zero-order chi connectivity index (χ0) is 14.8. The molecular formula is C15H17NO3S. The van der Waals surface area contributed by atoms with Crippen LogP contribution in [0.15, 0.2) is 47.4 Å². The normalized spacial score (nSPS) is 11.3. The second-order valence-corrected chi connectivity index (χ2v) is 6.35. The van der Waals surface area contributed by atoms with Gasteiger partial charge in [0.1, 0.15) is 0 Å². The molecule has 2 rings (SSSR count). The Morgan fingerprint density at radius 1 is 1.05 bits per heavy atom. The second-order valence-electron chi connectivity index (χ2n) is 4.67. The summed E-state index contributed by atoms with van der Waals surface area (Å²) in [6, 6.07) is 11.8.